The summed E-state index contributed by atoms with van der Waals surface area (Å²) in [6.45, 7) is 4.06. The van der Waals surface area contributed by atoms with E-state index in [2.05, 4.69) is 26.0 Å². The van der Waals surface area contributed by atoms with Crippen LogP contribution in [0.2, 0.25) is 0 Å². The Labute approximate surface area is 123 Å². The SMILES string of the molecule is CNC(C)CNS(=O)(=O)c1ccc(Br)cc1C.Cl. The maximum Gasteiger partial charge on any atom is 0.240 e. The fourth-order valence-corrected chi connectivity index (χ4v) is 3.16. The first kappa shape index (κ1) is 17.9. The summed E-state index contributed by atoms with van der Waals surface area (Å²) in [5, 5.41) is 2.98. The van der Waals surface area contributed by atoms with Gasteiger partial charge in [-0.3, -0.25) is 0 Å². The van der Waals surface area contributed by atoms with E-state index < -0.39 is 10.0 Å². The van der Waals surface area contributed by atoms with E-state index in [0.717, 1.165) is 10.0 Å². The fourth-order valence-electron chi connectivity index (χ4n) is 1.33. The minimum atomic E-state index is -3.42. The van der Waals surface area contributed by atoms with E-state index in [1.165, 1.54) is 0 Å². The lowest BCUT2D eigenvalue weighted by Crippen LogP contribution is -2.37. The zero-order valence-electron chi connectivity index (χ0n) is 10.5. The van der Waals surface area contributed by atoms with Gasteiger partial charge in [-0.2, -0.15) is 0 Å². The summed E-state index contributed by atoms with van der Waals surface area (Å²) in [5.41, 5.74) is 0.726. The lowest BCUT2D eigenvalue weighted by molar-refractivity contribution is 0.554. The molecule has 1 atom stereocenters. The number of likely N-dealkylation sites (N-methyl/N-ethyl adjacent to an activating group) is 1. The first-order chi connectivity index (χ1) is 7.86. The van der Waals surface area contributed by atoms with E-state index >= 15 is 0 Å². The van der Waals surface area contributed by atoms with E-state index in [9.17, 15) is 8.42 Å². The summed E-state index contributed by atoms with van der Waals surface area (Å²) in [4.78, 5) is 0.323. The maximum absolute atomic E-state index is 12.0. The van der Waals surface area contributed by atoms with Gasteiger partial charge < -0.3 is 5.32 Å². The van der Waals surface area contributed by atoms with Crippen molar-refractivity contribution >= 4 is 38.4 Å². The molecule has 2 N–H and O–H groups in total. The molecule has 18 heavy (non-hydrogen) atoms. The molecule has 1 unspecified atom stereocenters. The minimum Gasteiger partial charge on any atom is -0.316 e. The van der Waals surface area contributed by atoms with Crippen molar-refractivity contribution in [1.29, 1.82) is 0 Å². The second kappa shape index (κ2) is 7.45. The quantitative estimate of drug-likeness (QED) is 0.848. The molecule has 0 aliphatic carbocycles. The molecule has 4 nitrogen and oxygen atoms in total. The fraction of sp³-hybridized carbons (Fsp3) is 0.455. The van der Waals surface area contributed by atoms with Gasteiger partial charge >= 0.3 is 0 Å². The first-order valence-electron chi connectivity index (χ1n) is 5.30. The van der Waals surface area contributed by atoms with Crippen LogP contribution in [-0.4, -0.2) is 28.1 Å². The third-order valence-corrected chi connectivity index (χ3v) is 4.58. The van der Waals surface area contributed by atoms with Crippen LogP contribution in [0.3, 0.4) is 0 Å². The largest absolute Gasteiger partial charge is 0.316 e. The summed E-state index contributed by atoms with van der Waals surface area (Å²) in [6.07, 6.45) is 0. The van der Waals surface area contributed by atoms with Crippen molar-refractivity contribution in [2.45, 2.75) is 24.8 Å². The molecular weight excluding hydrogens is 340 g/mol. The molecule has 0 heterocycles. The normalized spacial score (nSPS) is 12.9. The standard InChI is InChI=1S/C11H17BrN2O2S.ClH/c1-8-6-10(12)4-5-11(8)17(15,16)14-7-9(2)13-3;/h4-6,9,13-14H,7H2,1-3H3;1H. The van der Waals surface area contributed by atoms with Gasteiger partial charge in [-0.15, -0.1) is 12.4 Å². The monoisotopic (exact) mass is 356 g/mol. The zero-order chi connectivity index (χ0) is 13.1. The third kappa shape index (κ3) is 4.85. The van der Waals surface area contributed by atoms with E-state index in [4.69, 9.17) is 0 Å². The zero-order valence-corrected chi connectivity index (χ0v) is 13.7. The second-order valence-electron chi connectivity index (χ2n) is 3.95. The van der Waals surface area contributed by atoms with Gasteiger partial charge in [0.15, 0.2) is 0 Å². The average Bonchev–Trinajstić information content (AvgIpc) is 2.25. The maximum atomic E-state index is 12.0. The summed E-state index contributed by atoms with van der Waals surface area (Å²) >= 11 is 3.31. The summed E-state index contributed by atoms with van der Waals surface area (Å²) < 4.78 is 27.5. The number of rotatable bonds is 5. The number of nitrogens with one attached hydrogen (secondary N) is 2. The molecule has 0 spiro atoms. The van der Waals surface area contributed by atoms with Gasteiger partial charge in [0.25, 0.3) is 0 Å². The van der Waals surface area contributed by atoms with Crippen LogP contribution in [0, 0.1) is 6.92 Å². The molecule has 0 saturated carbocycles. The van der Waals surface area contributed by atoms with Crippen LogP contribution in [0.1, 0.15) is 12.5 Å². The Morgan fingerprint density at radius 2 is 2.00 bits per heavy atom. The topological polar surface area (TPSA) is 58.2 Å². The molecule has 1 aromatic rings. The second-order valence-corrected chi connectivity index (χ2v) is 6.60. The molecule has 0 radical (unpaired) electrons. The first-order valence-corrected chi connectivity index (χ1v) is 7.57. The Hall–Kier alpha value is -0.140. The van der Waals surface area contributed by atoms with E-state index in [1.807, 2.05) is 6.92 Å². The van der Waals surface area contributed by atoms with Gasteiger partial charge in [0, 0.05) is 17.1 Å². The molecule has 7 heteroatoms. The van der Waals surface area contributed by atoms with Crippen LogP contribution in [0.25, 0.3) is 0 Å². The molecule has 0 saturated heterocycles. The molecule has 0 aromatic heterocycles. The number of sulfonamides is 1. The van der Waals surface area contributed by atoms with Crippen molar-refractivity contribution < 1.29 is 8.42 Å². The van der Waals surface area contributed by atoms with Crippen molar-refractivity contribution in [3.63, 3.8) is 0 Å². The van der Waals surface area contributed by atoms with Crippen LogP contribution >= 0.6 is 28.3 Å². The van der Waals surface area contributed by atoms with Crippen molar-refractivity contribution in [3.8, 4) is 0 Å². The molecule has 1 rings (SSSR count). The van der Waals surface area contributed by atoms with E-state index in [-0.39, 0.29) is 18.4 Å². The number of benzene rings is 1. The Kier molecular flexibility index (Phi) is 7.39. The Morgan fingerprint density at radius 1 is 1.39 bits per heavy atom. The summed E-state index contributed by atoms with van der Waals surface area (Å²) in [5.74, 6) is 0. The van der Waals surface area contributed by atoms with Crippen molar-refractivity contribution in [1.82, 2.24) is 10.0 Å². The highest BCUT2D eigenvalue weighted by Gasteiger charge is 2.17. The van der Waals surface area contributed by atoms with Crippen LogP contribution in [0.4, 0.5) is 0 Å². The molecular formula is C11H18BrClN2O2S. The number of hydrogen-bond donors (Lipinski definition) is 2. The average molecular weight is 358 g/mol. The molecule has 0 bridgehead atoms. The smallest absolute Gasteiger partial charge is 0.240 e. The number of hydrogen-bond acceptors (Lipinski definition) is 3. The summed E-state index contributed by atoms with van der Waals surface area (Å²) in [7, 11) is -1.63. The number of halogens is 2. The molecule has 1 aromatic carbocycles. The summed E-state index contributed by atoms with van der Waals surface area (Å²) in [6, 6.07) is 5.21. The van der Waals surface area contributed by atoms with Gasteiger partial charge in [-0.1, -0.05) is 15.9 Å². The minimum absolute atomic E-state index is 0. The van der Waals surface area contributed by atoms with Crippen molar-refractivity contribution in [3.05, 3.63) is 28.2 Å². The van der Waals surface area contributed by atoms with Gasteiger partial charge in [0.2, 0.25) is 10.0 Å². The third-order valence-electron chi connectivity index (χ3n) is 2.50. The Morgan fingerprint density at radius 3 is 2.50 bits per heavy atom. The predicted octanol–water partition coefficient (Wildman–Crippen LogP) is 2.07. The molecule has 0 fully saturated rings. The highest BCUT2D eigenvalue weighted by atomic mass is 79.9. The van der Waals surface area contributed by atoms with Gasteiger partial charge in [-0.05, 0) is 44.7 Å². The van der Waals surface area contributed by atoms with Gasteiger partial charge in [0.05, 0.1) is 4.90 Å². The van der Waals surface area contributed by atoms with E-state index in [0.29, 0.717) is 11.4 Å². The van der Waals surface area contributed by atoms with Gasteiger partial charge in [-0.25, -0.2) is 13.1 Å². The van der Waals surface area contributed by atoms with Gasteiger partial charge in [0.1, 0.15) is 0 Å². The van der Waals surface area contributed by atoms with Crippen LogP contribution in [0.15, 0.2) is 27.6 Å². The highest BCUT2D eigenvalue weighted by molar-refractivity contribution is 9.10. The lowest BCUT2D eigenvalue weighted by atomic mass is 10.2. The van der Waals surface area contributed by atoms with Crippen LogP contribution < -0.4 is 10.0 Å². The molecule has 0 amide bonds. The number of aryl methyl sites for hydroxylation is 1. The van der Waals surface area contributed by atoms with Crippen LogP contribution in [-0.2, 0) is 10.0 Å². The molecule has 0 aliphatic heterocycles. The van der Waals surface area contributed by atoms with E-state index in [1.54, 1.807) is 32.2 Å². The van der Waals surface area contributed by atoms with Crippen molar-refractivity contribution in [2.75, 3.05) is 13.6 Å². The Balaban J connectivity index is 0.00000289. The van der Waals surface area contributed by atoms with Crippen molar-refractivity contribution in [2.24, 2.45) is 0 Å². The predicted molar refractivity (Wildman–Crippen MR) is 79.8 cm³/mol. The highest BCUT2D eigenvalue weighted by Crippen LogP contribution is 2.19. The molecule has 104 valence electrons. The lowest BCUT2D eigenvalue weighted by Gasteiger charge is -2.13. The van der Waals surface area contributed by atoms with Crippen LogP contribution in [0.5, 0.6) is 0 Å². The Bertz CT molecular complexity index is 494. The molecule has 0 aliphatic rings.